The minimum Gasteiger partial charge on any atom is -0.334 e. The molecule has 0 saturated heterocycles. The first-order valence-corrected chi connectivity index (χ1v) is 5.08. The highest BCUT2D eigenvalue weighted by atomic mass is 35.5. The molecule has 0 spiro atoms. The van der Waals surface area contributed by atoms with Crippen LogP contribution in [-0.4, -0.2) is 16.0 Å². The molecule has 0 aliphatic rings. The molecule has 1 amide bonds. The first-order valence-electron chi connectivity index (χ1n) is 4.70. The van der Waals surface area contributed by atoms with Crippen molar-refractivity contribution in [1.29, 1.82) is 0 Å². The molecule has 2 rings (SSSR count). The van der Waals surface area contributed by atoms with E-state index in [2.05, 4.69) is 15.5 Å². The van der Waals surface area contributed by atoms with E-state index in [-0.39, 0.29) is 5.91 Å². The molecule has 0 aliphatic heterocycles. The molecular formula is C10H10ClN3O2. The monoisotopic (exact) mass is 239 g/mol. The Morgan fingerprint density at radius 1 is 1.44 bits per heavy atom. The largest absolute Gasteiger partial charge is 0.334 e. The van der Waals surface area contributed by atoms with E-state index < -0.39 is 0 Å². The summed E-state index contributed by atoms with van der Waals surface area (Å²) in [6.45, 7) is 5.02. The number of aryl methyl sites for hydroxylation is 2. The number of halogens is 1. The molecule has 84 valence electrons. The zero-order valence-electron chi connectivity index (χ0n) is 9.09. The van der Waals surface area contributed by atoms with Crippen LogP contribution in [0.25, 0.3) is 11.1 Å². The molecule has 16 heavy (non-hydrogen) atoms. The van der Waals surface area contributed by atoms with Crippen molar-refractivity contribution in [3.05, 3.63) is 16.3 Å². The number of aromatic nitrogens is 2. The fourth-order valence-corrected chi connectivity index (χ4v) is 1.67. The van der Waals surface area contributed by atoms with Crippen molar-refractivity contribution in [2.24, 2.45) is 0 Å². The summed E-state index contributed by atoms with van der Waals surface area (Å²) in [5.74, 6) is 0.140. The fourth-order valence-electron chi connectivity index (χ4n) is 1.53. The molecule has 0 radical (unpaired) electrons. The number of nitrogens with one attached hydrogen (secondary N) is 1. The van der Waals surface area contributed by atoms with E-state index in [0.717, 1.165) is 5.56 Å². The fraction of sp³-hybridized carbons (Fsp3) is 0.300. The third-order valence-electron chi connectivity index (χ3n) is 2.26. The second-order valence-electron chi connectivity index (χ2n) is 3.53. The number of hydrogen-bond acceptors (Lipinski definition) is 4. The van der Waals surface area contributed by atoms with Crippen LogP contribution in [0, 0.1) is 13.8 Å². The SMILES string of the molecule is CC(=O)Nc1noc2nc(C)c(Cl)c(C)c12. The van der Waals surface area contributed by atoms with Crippen LogP contribution in [0.1, 0.15) is 18.2 Å². The number of fused-ring (bicyclic) bond motifs is 1. The average molecular weight is 240 g/mol. The molecule has 0 unspecified atom stereocenters. The van der Waals surface area contributed by atoms with Crippen LogP contribution in [0.2, 0.25) is 5.02 Å². The normalized spacial score (nSPS) is 10.8. The Balaban J connectivity index is 2.71. The van der Waals surface area contributed by atoms with Crippen molar-refractivity contribution < 1.29 is 9.32 Å². The van der Waals surface area contributed by atoms with Gasteiger partial charge in [0.25, 0.3) is 5.71 Å². The second-order valence-corrected chi connectivity index (χ2v) is 3.91. The van der Waals surface area contributed by atoms with Gasteiger partial charge in [-0.1, -0.05) is 16.8 Å². The second kappa shape index (κ2) is 3.75. The Morgan fingerprint density at radius 3 is 2.75 bits per heavy atom. The molecule has 0 saturated carbocycles. The maximum absolute atomic E-state index is 11.0. The molecule has 1 N–H and O–H groups in total. The Morgan fingerprint density at radius 2 is 2.12 bits per heavy atom. The Hall–Kier alpha value is -1.62. The van der Waals surface area contributed by atoms with Crippen LogP contribution in [0.5, 0.6) is 0 Å². The van der Waals surface area contributed by atoms with E-state index in [9.17, 15) is 4.79 Å². The van der Waals surface area contributed by atoms with E-state index in [1.165, 1.54) is 6.92 Å². The number of nitrogens with zero attached hydrogens (tertiary/aromatic N) is 2. The van der Waals surface area contributed by atoms with Gasteiger partial charge in [0, 0.05) is 6.92 Å². The highest BCUT2D eigenvalue weighted by Crippen LogP contribution is 2.31. The number of anilines is 1. The summed E-state index contributed by atoms with van der Waals surface area (Å²) >= 11 is 6.08. The minimum absolute atomic E-state index is 0.216. The summed E-state index contributed by atoms with van der Waals surface area (Å²) in [6, 6.07) is 0. The third-order valence-corrected chi connectivity index (χ3v) is 2.82. The lowest BCUT2D eigenvalue weighted by Crippen LogP contribution is -2.06. The Labute approximate surface area is 96.8 Å². The molecule has 5 nitrogen and oxygen atoms in total. The topological polar surface area (TPSA) is 68.0 Å². The van der Waals surface area contributed by atoms with E-state index in [1.54, 1.807) is 6.92 Å². The lowest BCUT2D eigenvalue weighted by molar-refractivity contribution is -0.114. The lowest BCUT2D eigenvalue weighted by Gasteiger charge is -2.03. The van der Waals surface area contributed by atoms with Gasteiger partial charge in [0.05, 0.1) is 16.1 Å². The maximum atomic E-state index is 11.0. The molecule has 0 aromatic carbocycles. The van der Waals surface area contributed by atoms with Crippen molar-refractivity contribution in [3.8, 4) is 0 Å². The van der Waals surface area contributed by atoms with E-state index in [0.29, 0.717) is 27.6 Å². The van der Waals surface area contributed by atoms with Gasteiger partial charge in [-0.2, -0.15) is 0 Å². The quantitative estimate of drug-likeness (QED) is 0.830. The van der Waals surface area contributed by atoms with Crippen molar-refractivity contribution in [2.75, 3.05) is 5.32 Å². The zero-order valence-corrected chi connectivity index (χ0v) is 9.84. The third kappa shape index (κ3) is 1.63. The van der Waals surface area contributed by atoms with Gasteiger partial charge in [0.2, 0.25) is 5.91 Å². The number of pyridine rings is 1. The van der Waals surface area contributed by atoms with Gasteiger partial charge in [-0.05, 0) is 19.4 Å². The summed E-state index contributed by atoms with van der Waals surface area (Å²) in [5.41, 5.74) is 1.86. The van der Waals surface area contributed by atoms with Gasteiger partial charge >= 0.3 is 0 Å². The van der Waals surface area contributed by atoms with Gasteiger partial charge < -0.3 is 9.84 Å². The predicted molar refractivity (Wildman–Crippen MR) is 60.6 cm³/mol. The minimum atomic E-state index is -0.216. The predicted octanol–water partition coefficient (Wildman–Crippen LogP) is 2.45. The van der Waals surface area contributed by atoms with Crippen LogP contribution in [-0.2, 0) is 4.79 Å². The van der Waals surface area contributed by atoms with Gasteiger partial charge in [-0.3, -0.25) is 4.79 Å². The van der Waals surface area contributed by atoms with Crippen LogP contribution in [0.3, 0.4) is 0 Å². The van der Waals surface area contributed by atoms with Crippen molar-refractivity contribution in [1.82, 2.24) is 10.1 Å². The molecule has 2 aromatic rings. The first kappa shape index (κ1) is 10.9. The molecule has 0 fully saturated rings. The highest BCUT2D eigenvalue weighted by molar-refractivity contribution is 6.33. The van der Waals surface area contributed by atoms with Crippen molar-refractivity contribution in [2.45, 2.75) is 20.8 Å². The van der Waals surface area contributed by atoms with Gasteiger partial charge in [-0.25, -0.2) is 4.98 Å². The average Bonchev–Trinajstić information content (AvgIpc) is 2.57. The van der Waals surface area contributed by atoms with Crippen molar-refractivity contribution in [3.63, 3.8) is 0 Å². The van der Waals surface area contributed by atoms with Gasteiger partial charge in [0.1, 0.15) is 0 Å². The van der Waals surface area contributed by atoms with E-state index in [1.807, 2.05) is 6.92 Å². The number of carbonyl (C=O) groups excluding carboxylic acids is 1. The number of amides is 1. The summed E-state index contributed by atoms with van der Waals surface area (Å²) in [4.78, 5) is 15.1. The molecular weight excluding hydrogens is 230 g/mol. The molecule has 2 aromatic heterocycles. The smallest absolute Gasteiger partial charge is 0.260 e. The molecule has 0 aliphatic carbocycles. The Kier molecular flexibility index (Phi) is 2.55. The molecule has 0 bridgehead atoms. The summed E-state index contributed by atoms with van der Waals surface area (Å²) < 4.78 is 5.03. The van der Waals surface area contributed by atoms with Gasteiger partial charge in [-0.15, -0.1) is 0 Å². The van der Waals surface area contributed by atoms with Crippen LogP contribution in [0.4, 0.5) is 5.82 Å². The summed E-state index contributed by atoms with van der Waals surface area (Å²) in [5, 5.41) is 7.53. The van der Waals surface area contributed by atoms with Crippen LogP contribution >= 0.6 is 11.6 Å². The highest BCUT2D eigenvalue weighted by Gasteiger charge is 2.16. The standard InChI is InChI=1S/C10H10ClN3O2/c1-4-7-9(13-6(3)15)14-16-10(7)12-5(2)8(4)11/h1-3H3,(H,13,14,15). The number of rotatable bonds is 1. The van der Waals surface area contributed by atoms with Crippen LogP contribution < -0.4 is 5.32 Å². The zero-order chi connectivity index (χ0) is 11.9. The summed E-state index contributed by atoms with van der Waals surface area (Å²) in [6.07, 6.45) is 0. The van der Waals surface area contributed by atoms with Gasteiger partial charge in [0.15, 0.2) is 5.82 Å². The van der Waals surface area contributed by atoms with Crippen molar-refractivity contribution >= 4 is 34.4 Å². The number of carbonyl (C=O) groups is 1. The number of hydrogen-bond donors (Lipinski definition) is 1. The Bertz CT molecular complexity index is 577. The van der Waals surface area contributed by atoms with Crippen LogP contribution in [0.15, 0.2) is 4.52 Å². The molecule has 0 atom stereocenters. The summed E-state index contributed by atoms with van der Waals surface area (Å²) in [7, 11) is 0. The van der Waals surface area contributed by atoms with E-state index >= 15 is 0 Å². The van der Waals surface area contributed by atoms with E-state index in [4.69, 9.17) is 16.1 Å². The maximum Gasteiger partial charge on any atom is 0.260 e. The first-order chi connectivity index (χ1) is 7.50. The molecule has 6 heteroatoms. The lowest BCUT2D eigenvalue weighted by atomic mass is 10.2. The molecule has 2 heterocycles.